The summed E-state index contributed by atoms with van der Waals surface area (Å²) in [5.41, 5.74) is 0. The second kappa shape index (κ2) is 7.43. The van der Waals surface area contributed by atoms with Crippen LogP contribution >= 0.6 is 0 Å². The molecular formula is C12H19N5O. The molecule has 1 aromatic rings. The van der Waals surface area contributed by atoms with Crippen LogP contribution in [-0.4, -0.2) is 26.7 Å². The lowest BCUT2D eigenvalue weighted by Crippen LogP contribution is -2.35. The number of nitrogens with one attached hydrogen (secondary N) is 1. The third-order valence-electron chi connectivity index (χ3n) is 2.68. The number of hydrogen-bond acceptors (Lipinski definition) is 4. The Morgan fingerprint density at radius 2 is 2.39 bits per heavy atom. The number of carbonyl (C=O) groups is 1. The van der Waals surface area contributed by atoms with Gasteiger partial charge >= 0.3 is 0 Å². The van der Waals surface area contributed by atoms with Gasteiger partial charge in [0.1, 0.15) is 18.9 Å². The SMILES string of the molecule is CCCCCC(C)NC(=O)Cn1cnnc1C#N. The van der Waals surface area contributed by atoms with E-state index in [0.29, 0.717) is 0 Å². The molecule has 0 saturated carbocycles. The van der Waals surface area contributed by atoms with Crippen LogP contribution in [0.5, 0.6) is 0 Å². The molecule has 18 heavy (non-hydrogen) atoms. The van der Waals surface area contributed by atoms with E-state index in [0.717, 1.165) is 12.8 Å². The second-order valence-electron chi connectivity index (χ2n) is 4.36. The van der Waals surface area contributed by atoms with Gasteiger partial charge in [-0.2, -0.15) is 5.26 Å². The first-order valence-electron chi connectivity index (χ1n) is 6.24. The summed E-state index contributed by atoms with van der Waals surface area (Å²) in [4.78, 5) is 11.7. The fourth-order valence-electron chi connectivity index (χ4n) is 1.71. The first kappa shape index (κ1) is 14.2. The normalized spacial score (nSPS) is 11.8. The fourth-order valence-corrected chi connectivity index (χ4v) is 1.71. The number of aromatic nitrogens is 3. The highest BCUT2D eigenvalue weighted by atomic mass is 16.2. The van der Waals surface area contributed by atoms with Gasteiger partial charge in [0.25, 0.3) is 0 Å². The van der Waals surface area contributed by atoms with Crippen LogP contribution in [0.1, 0.15) is 45.4 Å². The number of amides is 1. The number of rotatable bonds is 7. The number of carbonyl (C=O) groups excluding carboxylic acids is 1. The molecule has 0 aliphatic heterocycles. The average molecular weight is 249 g/mol. The maximum absolute atomic E-state index is 11.7. The Balaban J connectivity index is 2.35. The van der Waals surface area contributed by atoms with Gasteiger partial charge in [0, 0.05) is 6.04 Å². The Morgan fingerprint density at radius 1 is 1.61 bits per heavy atom. The van der Waals surface area contributed by atoms with Crippen LogP contribution in [-0.2, 0) is 11.3 Å². The largest absolute Gasteiger partial charge is 0.352 e. The van der Waals surface area contributed by atoms with Crippen LogP contribution in [0.2, 0.25) is 0 Å². The van der Waals surface area contributed by atoms with E-state index in [1.54, 1.807) is 0 Å². The van der Waals surface area contributed by atoms with Crippen molar-refractivity contribution in [2.45, 2.75) is 52.1 Å². The summed E-state index contributed by atoms with van der Waals surface area (Å²) in [6.45, 7) is 4.23. The topological polar surface area (TPSA) is 83.6 Å². The molecule has 0 aromatic carbocycles. The lowest BCUT2D eigenvalue weighted by atomic mass is 10.1. The fraction of sp³-hybridized carbons (Fsp3) is 0.667. The first-order valence-corrected chi connectivity index (χ1v) is 6.24. The predicted molar refractivity (Wildman–Crippen MR) is 66.5 cm³/mol. The van der Waals surface area contributed by atoms with E-state index in [2.05, 4.69) is 22.4 Å². The molecule has 0 bridgehead atoms. The van der Waals surface area contributed by atoms with Crippen LogP contribution < -0.4 is 5.32 Å². The summed E-state index contributed by atoms with van der Waals surface area (Å²) >= 11 is 0. The second-order valence-corrected chi connectivity index (χ2v) is 4.36. The summed E-state index contributed by atoms with van der Waals surface area (Å²) in [5, 5.41) is 18.8. The maximum Gasteiger partial charge on any atom is 0.240 e. The molecular weight excluding hydrogens is 230 g/mol. The Bertz CT molecular complexity index is 420. The number of nitrogens with zero attached hydrogens (tertiary/aromatic N) is 4. The van der Waals surface area contributed by atoms with Gasteiger partial charge in [-0.3, -0.25) is 9.36 Å². The molecule has 1 rings (SSSR count). The summed E-state index contributed by atoms with van der Waals surface area (Å²) in [6, 6.07) is 2.04. The first-order chi connectivity index (χ1) is 8.67. The Hall–Kier alpha value is -1.90. The maximum atomic E-state index is 11.7. The van der Waals surface area contributed by atoms with Crippen molar-refractivity contribution in [2.75, 3.05) is 0 Å². The quantitative estimate of drug-likeness (QED) is 0.737. The molecule has 0 aliphatic carbocycles. The highest BCUT2D eigenvalue weighted by Gasteiger charge is 2.10. The monoisotopic (exact) mass is 249 g/mol. The van der Waals surface area contributed by atoms with Crippen LogP contribution in [0.25, 0.3) is 0 Å². The lowest BCUT2D eigenvalue weighted by Gasteiger charge is -2.13. The van der Waals surface area contributed by atoms with Gasteiger partial charge in [0.05, 0.1) is 0 Å². The third kappa shape index (κ3) is 4.53. The predicted octanol–water partition coefficient (Wildman–Crippen LogP) is 1.23. The van der Waals surface area contributed by atoms with E-state index in [4.69, 9.17) is 5.26 Å². The van der Waals surface area contributed by atoms with Crippen LogP contribution in [0.4, 0.5) is 0 Å². The van der Waals surface area contributed by atoms with Gasteiger partial charge in [0.15, 0.2) is 0 Å². The molecule has 1 aromatic heterocycles. The van der Waals surface area contributed by atoms with Gasteiger partial charge in [-0.15, -0.1) is 10.2 Å². The highest BCUT2D eigenvalue weighted by Crippen LogP contribution is 2.03. The summed E-state index contributed by atoms with van der Waals surface area (Å²) < 4.78 is 1.44. The van der Waals surface area contributed by atoms with Crippen molar-refractivity contribution in [1.82, 2.24) is 20.1 Å². The van der Waals surface area contributed by atoms with Crippen molar-refractivity contribution in [3.05, 3.63) is 12.2 Å². The third-order valence-corrected chi connectivity index (χ3v) is 2.68. The average Bonchev–Trinajstić information content (AvgIpc) is 2.76. The molecule has 1 N–H and O–H groups in total. The minimum Gasteiger partial charge on any atom is -0.352 e. The van der Waals surface area contributed by atoms with Crippen molar-refractivity contribution in [3.8, 4) is 6.07 Å². The molecule has 0 radical (unpaired) electrons. The summed E-state index contributed by atoms with van der Waals surface area (Å²) in [7, 11) is 0. The standard InChI is InChI=1S/C12H19N5O/c1-3-4-5-6-10(2)15-12(18)8-17-9-14-16-11(17)7-13/h9-10H,3-6,8H2,1-2H3,(H,15,18). The van der Waals surface area contributed by atoms with Crippen LogP contribution in [0, 0.1) is 11.3 Å². The number of hydrogen-bond donors (Lipinski definition) is 1. The Kier molecular flexibility index (Phi) is 5.85. The van der Waals surface area contributed by atoms with Gasteiger partial charge in [-0.1, -0.05) is 26.2 Å². The van der Waals surface area contributed by atoms with Crippen LogP contribution in [0.15, 0.2) is 6.33 Å². The molecule has 1 unspecified atom stereocenters. The molecule has 0 saturated heterocycles. The van der Waals surface area contributed by atoms with E-state index < -0.39 is 0 Å². The summed E-state index contributed by atoms with van der Waals surface area (Å²) in [5.74, 6) is 0.0408. The molecule has 0 aliphatic rings. The van der Waals surface area contributed by atoms with Gasteiger partial charge < -0.3 is 5.32 Å². The van der Waals surface area contributed by atoms with Crippen molar-refractivity contribution < 1.29 is 4.79 Å². The van der Waals surface area contributed by atoms with Gasteiger partial charge in [0.2, 0.25) is 11.7 Å². The Labute approximate surface area is 107 Å². The van der Waals surface area contributed by atoms with E-state index in [1.807, 2.05) is 13.0 Å². The molecule has 6 nitrogen and oxygen atoms in total. The minimum absolute atomic E-state index is 0.0913. The van der Waals surface area contributed by atoms with Crippen molar-refractivity contribution in [2.24, 2.45) is 0 Å². The van der Waals surface area contributed by atoms with Crippen molar-refractivity contribution in [1.29, 1.82) is 5.26 Å². The van der Waals surface area contributed by atoms with E-state index >= 15 is 0 Å². The smallest absolute Gasteiger partial charge is 0.240 e. The molecule has 1 atom stereocenters. The zero-order valence-corrected chi connectivity index (χ0v) is 10.9. The highest BCUT2D eigenvalue weighted by molar-refractivity contribution is 5.76. The molecule has 6 heteroatoms. The van der Waals surface area contributed by atoms with Gasteiger partial charge in [-0.25, -0.2) is 0 Å². The molecule has 0 fully saturated rings. The molecule has 1 amide bonds. The lowest BCUT2D eigenvalue weighted by molar-refractivity contribution is -0.122. The van der Waals surface area contributed by atoms with E-state index in [1.165, 1.54) is 23.7 Å². The van der Waals surface area contributed by atoms with Crippen molar-refractivity contribution in [3.63, 3.8) is 0 Å². The van der Waals surface area contributed by atoms with Crippen molar-refractivity contribution >= 4 is 5.91 Å². The van der Waals surface area contributed by atoms with E-state index in [-0.39, 0.29) is 24.3 Å². The number of nitriles is 1. The van der Waals surface area contributed by atoms with E-state index in [9.17, 15) is 4.79 Å². The molecule has 98 valence electrons. The minimum atomic E-state index is -0.115. The Morgan fingerprint density at radius 3 is 3.06 bits per heavy atom. The summed E-state index contributed by atoms with van der Waals surface area (Å²) in [6.07, 6.45) is 5.85. The van der Waals surface area contributed by atoms with Gasteiger partial charge in [-0.05, 0) is 13.3 Å². The van der Waals surface area contributed by atoms with Crippen LogP contribution in [0.3, 0.4) is 0 Å². The zero-order chi connectivity index (χ0) is 13.4. The number of unbranched alkanes of at least 4 members (excludes halogenated alkanes) is 2. The molecule has 1 heterocycles. The molecule has 0 spiro atoms. The zero-order valence-electron chi connectivity index (χ0n) is 10.9.